The molecule has 0 fully saturated rings. The molecular formula is C16H14ClN3. The molecule has 0 saturated heterocycles. The normalized spacial score (nSPS) is 12.6. The van der Waals surface area contributed by atoms with Crippen LogP contribution in [0.4, 0.5) is 0 Å². The molecule has 3 aromatic rings. The predicted molar refractivity (Wildman–Crippen MR) is 82.6 cm³/mol. The van der Waals surface area contributed by atoms with Crippen LogP contribution >= 0.6 is 11.6 Å². The van der Waals surface area contributed by atoms with Crippen molar-refractivity contribution in [1.29, 1.82) is 0 Å². The number of rotatable bonds is 2. The van der Waals surface area contributed by atoms with E-state index in [2.05, 4.69) is 4.98 Å². The minimum Gasteiger partial charge on any atom is -0.324 e. The third-order valence-electron chi connectivity index (χ3n) is 3.22. The fourth-order valence-electron chi connectivity index (χ4n) is 2.23. The molecule has 0 radical (unpaired) electrons. The maximum Gasteiger partial charge on any atom is 0.0942 e. The molecule has 100 valence electrons. The van der Waals surface area contributed by atoms with Gasteiger partial charge in [0.05, 0.1) is 21.9 Å². The number of benzene rings is 1. The second-order valence-electron chi connectivity index (χ2n) is 4.74. The van der Waals surface area contributed by atoms with Crippen molar-refractivity contribution in [2.75, 3.05) is 0 Å². The Morgan fingerprint density at radius 3 is 2.70 bits per heavy atom. The van der Waals surface area contributed by atoms with E-state index >= 15 is 0 Å². The van der Waals surface area contributed by atoms with Crippen molar-refractivity contribution in [2.45, 2.75) is 13.0 Å². The van der Waals surface area contributed by atoms with E-state index in [1.165, 1.54) is 0 Å². The molecule has 2 N–H and O–H groups in total. The molecule has 3 rings (SSSR count). The van der Waals surface area contributed by atoms with Gasteiger partial charge in [-0.3, -0.25) is 4.98 Å². The average molecular weight is 284 g/mol. The molecule has 0 bridgehead atoms. The SMILES string of the molecule is C[C@H](N)c1cc2cccc(Cl)c2nc1-c1ccccn1. The van der Waals surface area contributed by atoms with Gasteiger partial charge in [-0.2, -0.15) is 0 Å². The van der Waals surface area contributed by atoms with Gasteiger partial charge < -0.3 is 5.73 Å². The predicted octanol–water partition coefficient (Wildman–Crippen LogP) is 3.97. The van der Waals surface area contributed by atoms with Crippen molar-refractivity contribution >= 4 is 22.5 Å². The summed E-state index contributed by atoms with van der Waals surface area (Å²) >= 11 is 6.23. The Balaban J connectivity index is 2.34. The van der Waals surface area contributed by atoms with Gasteiger partial charge in [-0.05, 0) is 36.8 Å². The summed E-state index contributed by atoms with van der Waals surface area (Å²) < 4.78 is 0. The Morgan fingerprint density at radius 1 is 1.15 bits per heavy atom. The lowest BCUT2D eigenvalue weighted by atomic mass is 10.0. The molecule has 0 aliphatic rings. The lowest BCUT2D eigenvalue weighted by Crippen LogP contribution is -2.08. The van der Waals surface area contributed by atoms with Gasteiger partial charge in [0, 0.05) is 17.6 Å². The summed E-state index contributed by atoms with van der Waals surface area (Å²) in [5.74, 6) is 0. The maximum atomic E-state index is 6.23. The summed E-state index contributed by atoms with van der Waals surface area (Å²) in [4.78, 5) is 9.06. The van der Waals surface area contributed by atoms with Crippen LogP contribution in [0, 0.1) is 0 Å². The fourth-order valence-corrected chi connectivity index (χ4v) is 2.46. The molecule has 0 spiro atoms. The van der Waals surface area contributed by atoms with E-state index in [1.807, 2.05) is 49.4 Å². The number of halogens is 1. The van der Waals surface area contributed by atoms with Crippen LogP contribution in [0.2, 0.25) is 5.02 Å². The lowest BCUT2D eigenvalue weighted by Gasteiger charge is -2.13. The second kappa shape index (κ2) is 5.19. The highest BCUT2D eigenvalue weighted by Gasteiger charge is 2.14. The van der Waals surface area contributed by atoms with Crippen LogP contribution in [0.15, 0.2) is 48.7 Å². The number of nitrogens with zero attached hydrogens (tertiary/aromatic N) is 2. The summed E-state index contributed by atoms with van der Waals surface area (Å²) in [7, 11) is 0. The van der Waals surface area contributed by atoms with E-state index in [4.69, 9.17) is 22.3 Å². The van der Waals surface area contributed by atoms with E-state index in [-0.39, 0.29) is 6.04 Å². The molecule has 0 amide bonds. The number of aromatic nitrogens is 2. The highest BCUT2D eigenvalue weighted by atomic mass is 35.5. The molecule has 0 aliphatic heterocycles. The molecule has 20 heavy (non-hydrogen) atoms. The third-order valence-corrected chi connectivity index (χ3v) is 3.53. The monoisotopic (exact) mass is 283 g/mol. The lowest BCUT2D eigenvalue weighted by molar-refractivity contribution is 0.816. The molecule has 1 aromatic carbocycles. The van der Waals surface area contributed by atoms with E-state index < -0.39 is 0 Å². The molecular weight excluding hydrogens is 270 g/mol. The standard InChI is InChI=1S/C16H14ClN3/c1-10(18)12-9-11-5-4-6-13(17)15(11)20-16(12)14-7-2-3-8-19-14/h2-10H,18H2,1H3/t10-/m0/s1. The van der Waals surface area contributed by atoms with Gasteiger partial charge >= 0.3 is 0 Å². The minimum absolute atomic E-state index is 0.122. The van der Waals surface area contributed by atoms with Gasteiger partial charge in [0.1, 0.15) is 0 Å². The number of hydrogen-bond donors (Lipinski definition) is 1. The van der Waals surface area contributed by atoms with E-state index in [0.717, 1.165) is 27.9 Å². The average Bonchev–Trinajstić information content (AvgIpc) is 2.47. The molecule has 0 aliphatic carbocycles. The highest BCUT2D eigenvalue weighted by molar-refractivity contribution is 6.35. The van der Waals surface area contributed by atoms with Crippen molar-refractivity contribution in [3.63, 3.8) is 0 Å². The molecule has 2 heterocycles. The summed E-state index contributed by atoms with van der Waals surface area (Å²) in [5, 5.41) is 1.63. The zero-order chi connectivity index (χ0) is 14.1. The van der Waals surface area contributed by atoms with Gasteiger partial charge in [-0.15, -0.1) is 0 Å². The summed E-state index contributed by atoms with van der Waals surface area (Å²) in [6.45, 7) is 1.94. The summed E-state index contributed by atoms with van der Waals surface area (Å²) in [6, 6.07) is 13.4. The summed E-state index contributed by atoms with van der Waals surface area (Å²) in [6.07, 6.45) is 1.75. The van der Waals surface area contributed by atoms with E-state index in [0.29, 0.717) is 5.02 Å². The van der Waals surface area contributed by atoms with Gasteiger partial charge in [0.2, 0.25) is 0 Å². The highest BCUT2D eigenvalue weighted by Crippen LogP contribution is 2.30. The Kier molecular flexibility index (Phi) is 3.38. The first-order valence-electron chi connectivity index (χ1n) is 6.43. The quantitative estimate of drug-likeness (QED) is 0.774. The topological polar surface area (TPSA) is 51.8 Å². The van der Waals surface area contributed by atoms with Crippen LogP contribution in [-0.2, 0) is 0 Å². The van der Waals surface area contributed by atoms with Gasteiger partial charge in [-0.25, -0.2) is 4.98 Å². The van der Waals surface area contributed by atoms with E-state index in [9.17, 15) is 0 Å². The van der Waals surface area contributed by atoms with Crippen molar-refractivity contribution in [3.8, 4) is 11.4 Å². The first-order valence-corrected chi connectivity index (χ1v) is 6.81. The molecule has 2 aromatic heterocycles. The smallest absolute Gasteiger partial charge is 0.0942 e. The molecule has 1 atom stereocenters. The molecule has 0 unspecified atom stereocenters. The van der Waals surface area contributed by atoms with Crippen LogP contribution in [0.1, 0.15) is 18.5 Å². The van der Waals surface area contributed by atoms with Gasteiger partial charge in [0.25, 0.3) is 0 Å². The zero-order valence-corrected chi connectivity index (χ0v) is 11.8. The minimum atomic E-state index is -0.122. The van der Waals surface area contributed by atoms with Crippen molar-refractivity contribution in [2.24, 2.45) is 5.73 Å². The van der Waals surface area contributed by atoms with E-state index in [1.54, 1.807) is 6.20 Å². The fraction of sp³-hybridized carbons (Fsp3) is 0.125. The molecule has 4 heteroatoms. The van der Waals surface area contributed by atoms with Gasteiger partial charge in [-0.1, -0.05) is 29.8 Å². The van der Waals surface area contributed by atoms with Crippen LogP contribution < -0.4 is 5.73 Å². The molecule has 3 nitrogen and oxygen atoms in total. The third kappa shape index (κ3) is 2.26. The maximum absolute atomic E-state index is 6.23. The van der Waals surface area contributed by atoms with Gasteiger partial charge in [0.15, 0.2) is 0 Å². The number of para-hydroxylation sites is 1. The van der Waals surface area contributed by atoms with Crippen LogP contribution in [-0.4, -0.2) is 9.97 Å². The van der Waals surface area contributed by atoms with Crippen LogP contribution in [0.3, 0.4) is 0 Å². The number of fused-ring (bicyclic) bond motifs is 1. The number of pyridine rings is 2. The number of nitrogens with two attached hydrogens (primary N) is 1. The largest absolute Gasteiger partial charge is 0.324 e. The van der Waals surface area contributed by atoms with Crippen LogP contribution in [0.5, 0.6) is 0 Å². The van der Waals surface area contributed by atoms with Crippen molar-refractivity contribution in [3.05, 3.63) is 59.2 Å². The summed E-state index contributed by atoms with van der Waals surface area (Å²) in [5.41, 5.74) is 9.43. The molecule has 0 saturated carbocycles. The first-order chi connectivity index (χ1) is 9.66. The van der Waals surface area contributed by atoms with Crippen LogP contribution in [0.25, 0.3) is 22.3 Å². The Morgan fingerprint density at radius 2 is 2.00 bits per heavy atom. The first kappa shape index (κ1) is 13.0. The van der Waals surface area contributed by atoms with Crippen molar-refractivity contribution < 1.29 is 0 Å². The Labute approximate surface area is 122 Å². The Hall–Kier alpha value is -1.97. The number of hydrogen-bond acceptors (Lipinski definition) is 3. The zero-order valence-electron chi connectivity index (χ0n) is 11.0. The second-order valence-corrected chi connectivity index (χ2v) is 5.15. The Bertz CT molecular complexity index is 754. The van der Waals surface area contributed by atoms with Crippen molar-refractivity contribution in [1.82, 2.24) is 9.97 Å².